The minimum absolute atomic E-state index is 0.0138. The predicted molar refractivity (Wildman–Crippen MR) is 70.7 cm³/mol. The van der Waals surface area contributed by atoms with Crippen LogP contribution in [0.5, 0.6) is 0 Å². The number of nitrogens with one attached hydrogen (secondary N) is 1. The number of urea groups is 1. The van der Waals surface area contributed by atoms with E-state index in [2.05, 4.69) is 5.32 Å². The van der Waals surface area contributed by atoms with Gasteiger partial charge in [0.15, 0.2) is 0 Å². The Morgan fingerprint density at radius 3 is 2.45 bits per heavy atom. The molecule has 0 bridgehead atoms. The number of hydrogen-bond acceptors (Lipinski definition) is 3. The van der Waals surface area contributed by atoms with Gasteiger partial charge in [0.2, 0.25) is 0 Å². The molecule has 0 saturated carbocycles. The molecule has 1 aromatic carbocycles. The zero-order chi connectivity index (χ0) is 16.7. The van der Waals surface area contributed by atoms with Crippen LogP contribution in [-0.4, -0.2) is 34.0 Å². The summed E-state index contributed by atoms with van der Waals surface area (Å²) >= 11 is 0. The largest absolute Gasteiger partial charge is 0.416 e. The molecule has 1 fully saturated rings. The standard InChI is InChI=1S/C14H15F3N2O3/c1-13(2)11(21)19(12(22)18-13)7-10(20)8-4-3-5-9(6-8)14(15,16)17/h3-6,10,20H,7H2,1-2H3,(H,18,22)/t10-/m0/s1. The highest BCUT2D eigenvalue weighted by Gasteiger charge is 2.44. The van der Waals surface area contributed by atoms with Crippen molar-refractivity contribution in [3.05, 3.63) is 35.4 Å². The molecule has 1 aliphatic rings. The van der Waals surface area contributed by atoms with E-state index in [4.69, 9.17) is 0 Å². The van der Waals surface area contributed by atoms with Crippen molar-refractivity contribution in [2.24, 2.45) is 0 Å². The molecule has 0 spiro atoms. The topological polar surface area (TPSA) is 69.6 Å². The first-order valence-corrected chi connectivity index (χ1v) is 6.52. The van der Waals surface area contributed by atoms with E-state index < -0.39 is 41.9 Å². The van der Waals surface area contributed by atoms with Gasteiger partial charge in [-0.2, -0.15) is 13.2 Å². The van der Waals surface area contributed by atoms with Crippen LogP contribution >= 0.6 is 0 Å². The van der Waals surface area contributed by atoms with Crippen molar-refractivity contribution in [3.63, 3.8) is 0 Å². The van der Waals surface area contributed by atoms with Gasteiger partial charge < -0.3 is 10.4 Å². The zero-order valence-electron chi connectivity index (χ0n) is 11.9. The molecule has 1 atom stereocenters. The number of aliphatic hydroxyl groups excluding tert-OH is 1. The molecule has 1 aromatic rings. The molecule has 0 aliphatic carbocycles. The van der Waals surface area contributed by atoms with E-state index in [1.807, 2.05) is 0 Å². The number of imide groups is 1. The van der Waals surface area contributed by atoms with Gasteiger partial charge >= 0.3 is 12.2 Å². The fourth-order valence-corrected chi connectivity index (χ4v) is 2.18. The number of carbonyl (C=O) groups is 2. The molecule has 0 unspecified atom stereocenters. The van der Waals surface area contributed by atoms with Gasteiger partial charge in [-0.1, -0.05) is 12.1 Å². The normalized spacial score (nSPS) is 19.3. The minimum atomic E-state index is -4.53. The van der Waals surface area contributed by atoms with Gasteiger partial charge in [-0.05, 0) is 31.5 Å². The lowest BCUT2D eigenvalue weighted by molar-refractivity contribution is -0.137. The molecule has 3 amide bonds. The second-order valence-corrected chi connectivity index (χ2v) is 5.61. The maximum Gasteiger partial charge on any atom is 0.416 e. The van der Waals surface area contributed by atoms with E-state index in [1.165, 1.54) is 19.9 Å². The van der Waals surface area contributed by atoms with Crippen molar-refractivity contribution in [1.82, 2.24) is 10.2 Å². The van der Waals surface area contributed by atoms with Gasteiger partial charge in [-0.25, -0.2) is 4.79 Å². The summed E-state index contributed by atoms with van der Waals surface area (Å²) in [5, 5.41) is 12.5. The van der Waals surface area contributed by atoms with Gasteiger partial charge in [0, 0.05) is 0 Å². The first-order valence-electron chi connectivity index (χ1n) is 6.52. The lowest BCUT2D eigenvalue weighted by Crippen LogP contribution is -2.40. The van der Waals surface area contributed by atoms with Gasteiger partial charge in [0.05, 0.1) is 18.2 Å². The van der Waals surface area contributed by atoms with Crippen LogP contribution in [0.4, 0.5) is 18.0 Å². The Morgan fingerprint density at radius 1 is 1.32 bits per heavy atom. The molecule has 1 heterocycles. The van der Waals surface area contributed by atoms with E-state index in [9.17, 15) is 27.9 Å². The quantitative estimate of drug-likeness (QED) is 0.839. The molecule has 120 valence electrons. The van der Waals surface area contributed by atoms with Crippen LogP contribution in [0, 0.1) is 0 Å². The Balaban J connectivity index is 2.18. The van der Waals surface area contributed by atoms with E-state index in [0.717, 1.165) is 23.1 Å². The molecule has 2 rings (SSSR count). The van der Waals surface area contributed by atoms with Crippen molar-refractivity contribution in [3.8, 4) is 0 Å². The Labute approximate surface area is 124 Å². The summed E-state index contributed by atoms with van der Waals surface area (Å²) in [5.41, 5.74) is -2.01. The maximum atomic E-state index is 12.7. The lowest BCUT2D eigenvalue weighted by Gasteiger charge is -2.20. The molecular formula is C14H15F3N2O3. The van der Waals surface area contributed by atoms with Gasteiger partial charge in [-0.15, -0.1) is 0 Å². The van der Waals surface area contributed by atoms with Gasteiger partial charge in [0.25, 0.3) is 5.91 Å². The number of β-amino-alcohol motifs (C(OH)–C–C–N with tert-alkyl or cyclic N) is 1. The number of nitrogens with zero attached hydrogens (tertiary/aromatic N) is 1. The van der Waals surface area contributed by atoms with E-state index in [1.54, 1.807) is 0 Å². The highest BCUT2D eigenvalue weighted by atomic mass is 19.4. The summed E-state index contributed by atoms with van der Waals surface area (Å²) in [7, 11) is 0. The van der Waals surface area contributed by atoms with Crippen molar-refractivity contribution >= 4 is 11.9 Å². The summed E-state index contributed by atoms with van der Waals surface area (Å²) < 4.78 is 38.0. The predicted octanol–water partition coefficient (Wildman–Crippen LogP) is 2.07. The van der Waals surface area contributed by atoms with Crippen molar-refractivity contribution < 1.29 is 27.9 Å². The fourth-order valence-electron chi connectivity index (χ4n) is 2.18. The van der Waals surface area contributed by atoms with E-state index >= 15 is 0 Å². The third-order valence-corrected chi connectivity index (χ3v) is 3.40. The number of amides is 3. The second-order valence-electron chi connectivity index (χ2n) is 5.61. The van der Waals surface area contributed by atoms with Crippen molar-refractivity contribution in [1.29, 1.82) is 0 Å². The van der Waals surface area contributed by atoms with Crippen LogP contribution < -0.4 is 5.32 Å². The summed E-state index contributed by atoms with van der Waals surface area (Å²) in [6.07, 6.45) is -5.93. The third-order valence-electron chi connectivity index (χ3n) is 3.40. The first-order chi connectivity index (χ1) is 10.0. The lowest BCUT2D eigenvalue weighted by atomic mass is 10.0. The van der Waals surface area contributed by atoms with E-state index in [0.29, 0.717) is 0 Å². The van der Waals surface area contributed by atoms with Crippen LogP contribution in [0.1, 0.15) is 31.1 Å². The number of carbonyl (C=O) groups excluding carboxylic acids is 2. The Kier molecular flexibility index (Phi) is 3.90. The second kappa shape index (κ2) is 5.28. The van der Waals surface area contributed by atoms with Gasteiger partial charge in [0.1, 0.15) is 5.54 Å². The smallest absolute Gasteiger partial charge is 0.387 e. The number of hydrogen-bond donors (Lipinski definition) is 2. The average Bonchev–Trinajstić information content (AvgIpc) is 2.60. The Morgan fingerprint density at radius 2 is 1.95 bits per heavy atom. The highest BCUT2D eigenvalue weighted by Crippen LogP contribution is 2.31. The molecule has 0 aromatic heterocycles. The number of rotatable bonds is 3. The Bertz CT molecular complexity index is 614. The van der Waals surface area contributed by atoms with Gasteiger partial charge in [-0.3, -0.25) is 9.69 Å². The molecular weight excluding hydrogens is 301 g/mol. The van der Waals surface area contributed by atoms with Crippen molar-refractivity contribution in [2.45, 2.75) is 31.7 Å². The van der Waals surface area contributed by atoms with Crippen LogP contribution in [0.2, 0.25) is 0 Å². The maximum absolute atomic E-state index is 12.7. The number of alkyl halides is 3. The van der Waals surface area contributed by atoms with Crippen LogP contribution in [-0.2, 0) is 11.0 Å². The number of aliphatic hydroxyl groups is 1. The highest BCUT2D eigenvalue weighted by molar-refractivity contribution is 6.06. The monoisotopic (exact) mass is 316 g/mol. The zero-order valence-corrected chi connectivity index (χ0v) is 11.9. The third kappa shape index (κ3) is 3.06. The molecule has 1 saturated heterocycles. The SMILES string of the molecule is CC1(C)NC(=O)N(C[C@H](O)c2cccc(C(F)(F)F)c2)C1=O. The molecule has 5 nitrogen and oxygen atoms in total. The average molecular weight is 316 g/mol. The Hall–Kier alpha value is -2.09. The van der Waals surface area contributed by atoms with Crippen LogP contribution in [0.15, 0.2) is 24.3 Å². The fraction of sp³-hybridized carbons (Fsp3) is 0.429. The van der Waals surface area contributed by atoms with Crippen LogP contribution in [0.3, 0.4) is 0 Å². The first kappa shape index (κ1) is 16.3. The molecule has 0 radical (unpaired) electrons. The summed E-state index contributed by atoms with van der Waals surface area (Å²) in [4.78, 5) is 24.5. The molecule has 8 heteroatoms. The van der Waals surface area contributed by atoms with Crippen molar-refractivity contribution in [2.75, 3.05) is 6.54 Å². The minimum Gasteiger partial charge on any atom is -0.387 e. The van der Waals surface area contributed by atoms with Crippen LogP contribution in [0.25, 0.3) is 0 Å². The molecule has 1 aliphatic heterocycles. The number of halogens is 3. The molecule has 22 heavy (non-hydrogen) atoms. The van der Waals surface area contributed by atoms with E-state index in [-0.39, 0.29) is 5.56 Å². The molecule has 2 N–H and O–H groups in total. The summed E-state index contributed by atoms with van der Waals surface area (Å²) in [5.74, 6) is -0.538. The summed E-state index contributed by atoms with van der Waals surface area (Å²) in [6, 6.07) is 3.48. The summed E-state index contributed by atoms with van der Waals surface area (Å²) in [6.45, 7) is 2.60. The number of benzene rings is 1.